The van der Waals surface area contributed by atoms with Gasteiger partial charge in [-0.2, -0.15) is 0 Å². The van der Waals surface area contributed by atoms with Crippen molar-refractivity contribution in [2.75, 3.05) is 6.54 Å². The van der Waals surface area contributed by atoms with Crippen molar-refractivity contribution in [3.05, 3.63) is 77.7 Å². The third-order valence-electron chi connectivity index (χ3n) is 3.48. The van der Waals surface area contributed by atoms with Crippen LogP contribution in [-0.2, 0) is 0 Å². The van der Waals surface area contributed by atoms with Gasteiger partial charge in [-0.25, -0.2) is 0 Å². The Bertz CT molecular complexity index is 795. The second-order valence-electron chi connectivity index (χ2n) is 5.08. The third kappa shape index (κ3) is 4.39. The number of Topliss-reactive ketones (excluding diaryl/α,β-unsaturated/α-hetero) is 1. The number of hydrogen-bond acceptors (Lipinski definition) is 3. The lowest BCUT2D eigenvalue weighted by molar-refractivity contribution is -0.483. The SMILES string of the molecule is O=C(C[C@H](C[N+](=O)[O-])c1ccccc1Cl)c1ccc(Cl)c(Cl)c1Cl. The number of nitro groups is 1. The number of ketones is 1. The summed E-state index contributed by atoms with van der Waals surface area (Å²) >= 11 is 24.0. The van der Waals surface area contributed by atoms with Gasteiger partial charge >= 0.3 is 0 Å². The quantitative estimate of drug-likeness (QED) is 0.258. The van der Waals surface area contributed by atoms with Gasteiger partial charge in [0.2, 0.25) is 6.54 Å². The molecule has 2 rings (SSSR count). The molecule has 0 fully saturated rings. The number of nitrogens with zero attached hydrogens (tertiary/aromatic N) is 1. The molecule has 1 atom stereocenters. The Balaban J connectivity index is 2.33. The zero-order valence-electron chi connectivity index (χ0n) is 12.1. The van der Waals surface area contributed by atoms with E-state index in [9.17, 15) is 14.9 Å². The topological polar surface area (TPSA) is 60.2 Å². The molecule has 0 aromatic heterocycles. The van der Waals surface area contributed by atoms with E-state index in [-0.39, 0.29) is 32.8 Å². The van der Waals surface area contributed by atoms with Gasteiger partial charge in [0.1, 0.15) is 0 Å². The number of benzene rings is 2. The summed E-state index contributed by atoms with van der Waals surface area (Å²) in [5.41, 5.74) is 0.715. The molecule has 0 saturated heterocycles. The lowest BCUT2D eigenvalue weighted by Crippen LogP contribution is -2.17. The first-order valence-corrected chi connectivity index (χ1v) is 8.35. The van der Waals surface area contributed by atoms with Crippen LogP contribution in [0, 0.1) is 10.1 Å². The Labute approximate surface area is 158 Å². The van der Waals surface area contributed by atoms with Crippen molar-refractivity contribution in [2.24, 2.45) is 0 Å². The van der Waals surface area contributed by atoms with Crippen molar-refractivity contribution in [1.29, 1.82) is 0 Å². The number of carbonyl (C=O) groups is 1. The van der Waals surface area contributed by atoms with Gasteiger partial charge in [-0.15, -0.1) is 0 Å². The highest BCUT2D eigenvalue weighted by Crippen LogP contribution is 2.35. The first kappa shape index (κ1) is 19.0. The summed E-state index contributed by atoms with van der Waals surface area (Å²) in [4.78, 5) is 23.0. The molecule has 0 amide bonds. The number of carbonyl (C=O) groups excluding carboxylic acids is 1. The van der Waals surface area contributed by atoms with E-state index in [1.165, 1.54) is 12.1 Å². The fourth-order valence-electron chi connectivity index (χ4n) is 2.33. The van der Waals surface area contributed by atoms with E-state index in [4.69, 9.17) is 46.4 Å². The fourth-order valence-corrected chi connectivity index (χ4v) is 3.26. The van der Waals surface area contributed by atoms with E-state index in [2.05, 4.69) is 0 Å². The minimum absolute atomic E-state index is 0.0354. The van der Waals surface area contributed by atoms with Gasteiger partial charge in [0.05, 0.1) is 21.0 Å². The minimum atomic E-state index is -0.674. The molecule has 0 bridgehead atoms. The smallest absolute Gasteiger partial charge is 0.211 e. The molecule has 2 aromatic rings. The molecule has 24 heavy (non-hydrogen) atoms. The van der Waals surface area contributed by atoms with Gasteiger partial charge < -0.3 is 0 Å². The molecule has 0 heterocycles. The molecule has 4 nitrogen and oxygen atoms in total. The van der Waals surface area contributed by atoms with Gasteiger partial charge in [-0.1, -0.05) is 64.6 Å². The molecular formula is C16H11Cl4NO3. The van der Waals surface area contributed by atoms with Crippen molar-refractivity contribution < 1.29 is 9.72 Å². The van der Waals surface area contributed by atoms with Crippen LogP contribution in [0.2, 0.25) is 20.1 Å². The molecule has 8 heteroatoms. The van der Waals surface area contributed by atoms with Gasteiger partial charge in [0, 0.05) is 21.9 Å². The van der Waals surface area contributed by atoms with Crippen molar-refractivity contribution in [2.45, 2.75) is 12.3 Å². The first-order chi connectivity index (χ1) is 11.3. The van der Waals surface area contributed by atoms with Crippen LogP contribution in [0.1, 0.15) is 28.3 Å². The maximum absolute atomic E-state index is 12.6. The standard InChI is InChI=1S/C16H11Cl4NO3/c17-12-4-2-1-3-10(12)9(8-21(23)24)7-14(22)11-5-6-13(18)16(20)15(11)19/h1-6,9H,7-8H2/t9-/m1/s1. The Morgan fingerprint density at radius 1 is 1.00 bits per heavy atom. The van der Waals surface area contributed by atoms with Crippen LogP contribution in [0.5, 0.6) is 0 Å². The average Bonchev–Trinajstić information content (AvgIpc) is 2.52. The summed E-state index contributed by atoms with van der Waals surface area (Å²) in [6, 6.07) is 9.63. The molecule has 0 saturated carbocycles. The molecule has 2 aromatic carbocycles. The summed E-state index contributed by atoms with van der Waals surface area (Å²) in [5.74, 6) is -1.04. The molecule has 0 aliphatic rings. The summed E-state index contributed by atoms with van der Waals surface area (Å²) in [5, 5.41) is 11.7. The van der Waals surface area contributed by atoms with E-state index in [1.54, 1.807) is 24.3 Å². The second kappa shape index (κ2) is 8.17. The highest BCUT2D eigenvalue weighted by molar-refractivity contribution is 6.49. The molecule has 0 unspecified atom stereocenters. The lowest BCUT2D eigenvalue weighted by atomic mass is 9.91. The van der Waals surface area contributed by atoms with E-state index < -0.39 is 17.4 Å². The molecule has 0 spiro atoms. The predicted octanol–water partition coefficient (Wildman–Crippen LogP) is 5.93. The largest absolute Gasteiger partial charge is 0.294 e. The third-order valence-corrected chi connectivity index (χ3v) is 5.12. The number of halogens is 4. The number of rotatable bonds is 6. The molecule has 126 valence electrons. The maximum Gasteiger partial charge on any atom is 0.211 e. The van der Waals surface area contributed by atoms with Gasteiger partial charge in [0.25, 0.3) is 0 Å². The zero-order chi connectivity index (χ0) is 17.9. The summed E-state index contributed by atoms with van der Waals surface area (Å²) in [7, 11) is 0. The molecular weight excluding hydrogens is 396 g/mol. The van der Waals surface area contributed by atoms with Crippen LogP contribution >= 0.6 is 46.4 Å². The molecule has 0 N–H and O–H groups in total. The van der Waals surface area contributed by atoms with Crippen LogP contribution in [0.25, 0.3) is 0 Å². The van der Waals surface area contributed by atoms with E-state index in [0.29, 0.717) is 10.6 Å². The van der Waals surface area contributed by atoms with Gasteiger partial charge in [-0.05, 0) is 23.8 Å². The average molecular weight is 407 g/mol. The fraction of sp³-hybridized carbons (Fsp3) is 0.188. The second-order valence-corrected chi connectivity index (χ2v) is 6.65. The van der Waals surface area contributed by atoms with Crippen LogP contribution in [0.15, 0.2) is 36.4 Å². The molecule has 0 aliphatic carbocycles. The Morgan fingerprint density at radius 3 is 2.29 bits per heavy atom. The number of hydrogen-bond donors (Lipinski definition) is 0. The zero-order valence-corrected chi connectivity index (χ0v) is 15.2. The summed E-state index contributed by atoms with van der Waals surface area (Å²) in [6.45, 7) is -0.422. The van der Waals surface area contributed by atoms with Crippen molar-refractivity contribution in [1.82, 2.24) is 0 Å². The van der Waals surface area contributed by atoms with Crippen molar-refractivity contribution in [3.63, 3.8) is 0 Å². The Kier molecular flexibility index (Phi) is 6.47. The van der Waals surface area contributed by atoms with Crippen molar-refractivity contribution >= 4 is 52.2 Å². The Morgan fingerprint density at radius 2 is 1.67 bits per heavy atom. The minimum Gasteiger partial charge on any atom is -0.294 e. The Hall–Kier alpha value is -1.33. The molecule has 0 aliphatic heterocycles. The highest BCUT2D eigenvalue weighted by Gasteiger charge is 2.25. The van der Waals surface area contributed by atoms with E-state index >= 15 is 0 Å². The van der Waals surface area contributed by atoms with Crippen LogP contribution in [0.3, 0.4) is 0 Å². The summed E-state index contributed by atoms with van der Waals surface area (Å²) < 4.78 is 0. The summed E-state index contributed by atoms with van der Waals surface area (Å²) in [6.07, 6.45) is -0.123. The van der Waals surface area contributed by atoms with Crippen LogP contribution in [-0.4, -0.2) is 17.3 Å². The van der Waals surface area contributed by atoms with Gasteiger partial charge in [-0.3, -0.25) is 14.9 Å². The first-order valence-electron chi connectivity index (χ1n) is 6.84. The van der Waals surface area contributed by atoms with Crippen LogP contribution in [0.4, 0.5) is 0 Å². The monoisotopic (exact) mass is 405 g/mol. The van der Waals surface area contributed by atoms with Crippen molar-refractivity contribution in [3.8, 4) is 0 Å². The lowest BCUT2D eigenvalue weighted by Gasteiger charge is -2.15. The van der Waals surface area contributed by atoms with E-state index in [0.717, 1.165) is 0 Å². The normalized spacial score (nSPS) is 12.0. The predicted molar refractivity (Wildman–Crippen MR) is 96.5 cm³/mol. The van der Waals surface area contributed by atoms with Gasteiger partial charge in [0.15, 0.2) is 5.78 Å². The maximum atomic E-state index is 12.6. The van der Waals surface area contributed by atoms with E-state index in [1.807, 2.05) is 0 Å². The molecule has 0 radical (unpaired) electrons. The highest BCUT2D eigenvalue weighted by atomic mass is 35.5. The van der Waals surface area contributed by atoms with Crippen LogP contribution < -0.4 is 0 Å².